The first kappa shape index (κ1) is 17.3. The van der Waals surface area contributed by atoms with Gasteiger partial charge in [0.25, 0.3) is 0 Å². The molecular weight excluding hydrogens is 300 g/mol. The molecule has 1 aliphatic carbocycles. The molecule has 1 saturated carbocycles. The maximum Gasteiger partial charge on any atom is 0.223 e. The van der Waals surface area contributed by atoms with Gasteiger partial charge in [-0.05, 0) is 43.4 Å². The largest absolute Gasteiger partial charge is 0.378 e. The number of hydrogen-bond donors (Lipinski definition) is 1. The van der Waals surface area contributed by atoms with Crippen LogP contribution in [0.5, 0.6) is 0 Å². The van der Waals surface area contributed by atoms with E-state index in [-0.39, 0.29) is 11.8 Å². The second-order valence-electron chi connectivity index (χ2n) is 7.00. The second-order valence-corrected chi connectivity index (χ2v) is 7.00. The van der Waals surface area contributed by atoms with E-state index in [2.05, 4.69) is 34.5 Å². The Morgan fingerprint density at radius 1 is 1.08 bits per heavy atom. The van der Waals surface area contributed by atoms with Crippen molar-refractivity contribution < 1.29 is 9.53 Å². The number of benzene rings is 1. The molecular formula is C20H30N2O2. The lowest BCUT2D eigenvalue weighted by Crippen LogP contribution is -2.36. The standard InChI is InChI=1S/C20H30N2O2/c23-20(18-6-2-1-3-7-18)21-12-4-5-17-8-10-19(11-9-17)22-13-15-24-16-14-22/h8-11,18H,1-7,12-16H2,(H,21,23). The normalized spacial score (nSPS) is 19.2. The molecule has 0 unspecified atom stereocenters. The van der Waals surface area contributed by atoms with E-state index >= 15 is 0 Å². The molecule has 4 nitrogen and oxygen atoms in total. The maximum atomic E-state index is 12.1. The Kier molecular flexibility index (Phi) is 6.53. The van der Waals surface area contributed by atoms with Crippen LogP contribution in [0.15, 0.2) is 24.3 Å². The van der Waals surface area contributed by atoms with Gasteiger partial charge in [0, 0.05) is 31.2 Å². The number of amides is 1. The summed E-state index contributed by atoms with van der Waals surface area (Å²) in [6.07, 6.45) is 7.92. The number of ether oxygens (including phenoxy) is 1. The summed E-state index contributed by atoms with van der Waals surface area (Å²) < 4.78 is 5.40. The number of carbonyl (C=O) groups is 1. The van der Waals surface area contributed by atoms with Crippen LogP contribution in [0.2, 0.25) is 0 Å². The topological polar surface area (TPSA) is 41.6 Å². The molecule has 1 amide bonds. The Morgan fingerprint density at radius 2 is 1.79 bits per heavy atom. The zero-order chi connectivity index (χ0) is 16.6. The van der Waals surface area contributed by atoms with Crippen LogP contribution in [0.4, 0.5) is 5.69 Å². The van der Waals surface area contributed by atoms with Crippen molar-refractivity contribution in [2.45, 2.75) is 44.9 Å². The van der Waals surface area contributed by atoms with E-state index in [1.807, 2.05) is 0 Å². The van der Waals surface area contributed by atoms with Gasteiger partial charge >= 0.3 is 0 Å². The fourth-order valence-corrected chi connectivity index (χ4v) is 3.71. The molecule has 4 heteroatoms. The second kappa shape index (κ2) is 9.07. The van der Waals surface area contributed by atoms with Gasteiger partial charge < -0.3 is 15.0 Å². The van der Waals surface area contributed by atoms with E-state index in [4.69, 9.17) is 4.74 Å². The van der Waals surface area contributed by atoms with Crippen LogP contribution in [-0.2, 0) is 16.0 Å². The summed E-state index contributed by atoms with van der Waals surface area (Å²) in [6.45, 7) is 4.39. The lowest BCUT2D eigenvalue weighted by atomic mass is 9.88. The van der Waals surface area contributed by atoms with Gasteiger partial charge in [-0.15, -0.1) is 0 Å². The Labute approximate surface area is 145 Å². The highest BCUT2D eigenvalue weighted by molar-refractivity contribution is 5.78. The molecule has 1 aromatic rings. The minimum atomic E-state index is 0.270. The molecule has 24 heavy (non-hydrogen) atoms. The van der Waals surface area contributed by atoms with Crippen LogP contribution in [0, 0.1) is 5.92 Å². The predicted molar refractivity (Wildman–Crippen MR) is 97.4 cm³/mol. The Hall–Kier alpha value is -1.55. The van der Waals surface area contributed by atoms with Gasteiger partial charge in [-0.1, -0.05) is 31.4 Å². The molecule has 0 spiro atoms. The van der Waals surface area contributed by atoms with E-state index in [0.717, 1.165) is 58.5 Å². The summed E-state index contributed by atoms with van der Waals surface area (Å²) in [5.74, 6) is 0.545. The van der Waals surface area contributed by atoms with Crippen molar-refractivity contribution in [2.24, 2.45) is 5.92 Å². The average Bonchev–Trinajstić information content (AvgIpc) is 2.67. The molecule has 1 heterocycles. The Bertz CT molecular complexity index is 503. The van der Waals surface area contributed by atoms with Crippen molar-refractivity contribution in [1.82, 2.24) is 5.32 Å². The Morgan fingerprint density at radius 3 is 2.50 bits per heavy atom. The van der Waals surface area contributed by atoms with Crippen LogP contribution >= 0.6 is 0 Å². The summed E-state index contributed by atoms with van der Waals surface area (Å²) in [6, 6.07) is 8.85. The van der Waals surface area contributed by atoms with Crippen LogP contribution < -0.4 is 10.2 Å². The fourth-order valence-electron chi connectivity index (χ4n) is 3.71. The zero-order valence-electron chi connectivity index (χ0n) is 14.6. The molecule has 3 rings (SSSR count). The first-order valence-corrected chi connectivity index (χ1v) is 9.52. The molecule has 1 N–H and O–H groups in total. The fraction of sp³-hybridized carbons (Fsp3) is 0.650. The molecule has 1 aromatic carbocycles. The molecule has 2 aliphatic rings. The number of nitrogens with zero attached hydrogens (tertiary/aromatic N) is 1. The van der Waals surface area contributed by atoms with Gasteiger partial charge in [0.1, 0.15) is 0 Å². The number of rotatable bonds is 6. The molecule has 0 radical (unpaired) electrons. The smallest absolute Gasteiger partial charge is 0.223 e. The number of aryl methyl sites for hydroxylation is 1. The van der Waals surface area contributed by atoms with E-state index < -0.39 is 0 Å². The zero-order valence-corrected chi connectivity index (χ0v) is 14.6. The molecule has 0 bridgehead atoms. The van der Waals surface area contributed by atoms with Gasteiger partial charge in [-0.3, -0.25) is 4.79 Å². The quantitative estimate of drug-likeness (QED) is 0.815. The summed E-state index contributed by atoms with van der Waals surface area (Å²) in [5.41, 5.74) is 2.63. The molecule has 132 valence electrons. The first-order chi connectivity index (χ1) is 11.8. The Balaban J connectivity index is 1.36. The van der Waals surface area contributed by atoms with Gasteiger partial charge in [-0.25, -0.2) is 0 Å². The van der Waals surface area contributed by atoms with E-state index in [0.29, 0.717) is 0 Å². The minimum absolute atomic E-state index is 0.270. The molecule has 0 aromatic heterocycles. The highest BCUT2D eigenvalue weighted by Crippen LogP contribution is 2.23. The number of nitrogens with one attached hydrogen (secondary N) is 1. The lowest BCUT2D eigenvalue weighted by molar-refractivity contribution is -0.125. The molecule has 1 aliphatic heterocycles. The van der Waals surface area contributed by atoms with Crippen LogP contribution in [-0.4, -0.2) is 38.8 Å². The first-order valence-electron chi connectivity index (χ1n) is 9.52. The number of carbonyl (C=O) groups excluding carboxylic acids is 1. The number of anilines is 1. The minimum Gasteiger partial charge on any atom is -0.378 e. The van der Waals surface area contributed by atoms with Gasteiger partial charge in [-0.2, -0.15) is 0 Å². The maximum absolute atomic E-state index is 12.1. The van der Waals surface area contributed by atoms with Crippen molar-refractivity contribution in [2.75, 3.05) is 37.7 Å². The van der Waals surface area contributed by atoms with Crippen molar-refractivity contribution in [1.29, 1.82) is 0 Å². The highest BCUT2D eigenvalue weighted by Gasteiger charge is 2.20. The average molecular weight is 330 g/mol. The van der Waals surface area contributed by atoms with Crippen molar-refractivity contribution >= 4 is 11.6 Å². The summed E-state index contributed by atoms with van der Waals surface area (Å²) in [5, 5.41) is 3.12. The molecule has 0 atom stereocenters. The predicted octanol–water partition coefficient (Wildman–Crippen LogP) is 3.15. The number of hydrogen-bond acceptors (Lipinski definition) is 3. The lowest BCUT2D eigenvalue weighted by Gasteiger charge is -2.28. The van der Waals surface area contributed by atoms with E-state index in [1.54, 1.807) is 0 Å². The summed E-state index contributed by atoms with van der Waals surface area (Å²) in [7, 11) is 0. The summed E-state index contributed by atoms with van der Waals surface area (Å²) >= 11 is 0. The highest BCUT2D eigenvalue weighted by atomic mass is 16.5. The van der Waals surface area contributed by atoms with Gasteiger partial charge in [0.2, 0.25) is 5.91 Å². The SMILES string of the molecule is O=C(NCCCc1ccc(N2CCOCC2)cc1)C1CCCCC1. The van der Waals surface area contributed by atoms with Crippen LogP contribution in [0.3, 0.4) is 0 Å². The van der Waals surface area contributed by atoms with E-state index in [9.17, 15) is 4.79 Å². The van der Waals surface area contributed by atoms with Crippen molar-refractivity contribution in [3.8, 4) is 0 Å². The number of morpholine rings is 1. The summed E-state index contributed by atoms with van der Waals surface area (Å²) in [4.78, 5) is 14.5. The molecule has 1 saturated heterocycles. The van der Waals surface area contributed by atoms with Gasteiger partial charge in [0.15, 0.2) is 0 Å². The van der Waals surface area contributed by atoms with Crippen molar-refractivity contribution in [3.05, 3.63) is 29.8 Å². The van der Waals surface area contributed by atoms with Crippen LogP contribution in [0.1, 0.15) is 44.1 Å². The molecule has 2 fully saturated rings. The van der Waals surface area contributed by atoms with E-state index in [1.165, 1.54) is 30.5 Å². The third kappa shape index (κ3) is 4.97. The van der Waals surface area contributed by atoms with Crippen molar-refractivity contribution in [3.63, 3.8) is 0 Å². The third-order valence-corrected chi connectivity index (χ3v) is 5.23. The third-order valence-electron chi connectivity index (χ3n) is 5.23. The van der Waals surface area contributed by atoms with Crippen LogP contribution in [0.25, 0.3) is 0 Å². The van der Waals surface area contributed by atoms with Gasteiger partial charge in [0.05, 0.1) is 13.2 Å². The monoisotopic (exact) mass is 330 g/mol.